The number of rotatable bonds is 2. The van der Waals surface area contributed by atoms with Gasteiger partial charge in [0.05, 0.1) is 0 Å². The summed E-state index contributed by atoms with van der Waals surface area (Å²) in [5.41, 5.74) is 0.131. The van der Waals surface area contributed by atoms with Crippen molar-refractivity contribution in [1.82, 2.24) is 4.98 Å². The van der Waals surface area contributed by atoms with E-state index in [2.05, 4.69) is 47.8 Å². The van der Waals surface area contributed by atoms with Gasteiger partial charge in [0.25, 0.3) is 0 Å². The number of thiazole rings is 1. The first-order valence-electron chi connectivity index (χ1n) is 5.27. The van der Waals surface area contributed by atoms with Crippen molar-refractivity contribution >= 4 is 38.6 Å². The van der Waals surface area contributed by atoms with Gasteiger partial charge in [-0.05, 0) is 33.5 Å². The third-order valence-corrected chi connectivity index (χ3v) is 5.53. The molecule has 1 atom stereocenters. The van der Waals surface area contributed by atoms with Crippen LogP contribution in [0.25, 0.3) is 0 Å². The van der Waals surface area contributed by atoms with Crippen LogP contribution in [0.4, 0.5) is 0 Å². The average Bonchev–Trinajstić information content (AvgIpc) is 2.83. The molecule has 17 heavy (non-hydrogen) atoms. The smallest absolute Gasteiger partial charge is 0.140 e. The molecular formula is C12H14BrNOS2. The molecule has 0 amide bonds. The normalized spacial score (nSPS) is 13.9. The van der Waals surface area contributed by atoms with Crippen LogP contribution < -0.4 is 0 Å². The minimum atomic E-state index is -0.604. The van der Waals surface area contributed by atoms with Crippen molar-refractivity contribution in [1.29, 1.82) is 0 Å². The lowest BCUT2D eigenvalue weighted by Crippen LogP contribution is -2.07. The summed E-state index contributed by atoms with van der Waals surface area (Å²) >= 11 is 6.42. The lowest BCUT2D eigenvalue weighted by Gasteiger charge is -2.15. The molecular weight excluding hydrogens is 318 g/mol. The molecule has 2 aromatic heterocycles. The number of hydrogen-bond acceptors (Lipinski definition) is 4. The molecule has 0 spiro atoms. The van der Waals surface area contributed by atoms with Gasteiger partial charge in [-0.1, -0.05) is 20.8 Å². The summed E-state index contributed by atoms with van der Waals surface area (Å²) < 4.78 is 0.782. The second-order valence-corrected chi connectivity index (χ2v) is 7.68. The summed E-state index contributed by atoms with van der Waals surface area (Å²) in [5.74, 6) is 0. The number of aliphatic hydroxyl groups is 1. The number of halogens is 1. The van der Waals surface area contributed by atoms with Gasteiger partial charge < -0.3 is 5.11 Å². The number of thiophene rings is 1. The van der Waals surface area contributed by atoms with Gasteiger partial charge in [-0.15, -0.1) is 22.7 Å². The predicted octanol–water partition coefficient (Wildman–Crippen LogP) is 4.35. The lowest BCUT2D eigenvalue weighted by molar-refractivity contribution is 0.223. The summed E-state index contributed by atoms with van der Waals surface area (Å²) in [5, 5.41) is 12.8. The molecule has 0 aliphatic heterocycles. The zero-order valence-corrected chi connectivity index (χ0v) is 13.1. The minimum Gasteiger partial charge on any atom is -0.380 e. The van der Waals surface area contributed by atoms with Crippen LogP contribution in [0.15, 0.2) is 22.1 Å². The van der Waals surface area contributed by atoms with E-state index >= 15 is 0 Å². The van der Waals surface area contributed by atoms with Crippen molar-refractivity contribution < 1.29 is 5.11 Å². The van der Waals surface area contributed by atoms with Crippen LogP contribution in [0.3, 0.4) is 0 Å². The highest BCUT2D eigenvalue weighted by Gasteiger charge is 2.21. The SMILES string of the molecule is CC(C)(C)c1ccc(C(O)c2nc(Br)cs2)s1. The van der Waals surface area contributed by atoms with E-state index in [1.807, 2.05) is 11.4 Å². The molecule has 2 aromatic rings. The molecule has 2 nitrogen and oxygen atoms in total. The Morgan fingerprint density at radius 2 is 2.06 bits per heavy atom. The maximum Gasteiger partial charge on any atom is 0.140 e. The Kier molecular flexibility index (Phi) is 3.73. The summed E-state index contributed by atoms with van der Waals surface area (Å²) in [4.78, 5) is 6.49. The molecule has 0 saturated heterocycles. The molecule has 2 rings (SSSR count). The fraction of sp³-hybridized carbons (Fsp3) is 0.417. The van der Waals surface area contributed by atoms with E-state index in [1.54, 1.807) is 11.3 Å². The molecule has 0 saturated carbocycles. The fourth-order valence-electron chi connectivity index (χ4n) is 1.42. The third-order valence-electron chi connectivity index (χ3n) is 2.36. The first-order chi connectivity index (χ1) is 7.88. The molecule has 0 bridgehead atoms. The van der Waals surface area contributed by atoms with E-state index in [4.69, 9.17) is 0 Å². The third kappa shape index (κ3) is 2.96. The largest absolute Gasteiger partial charge is 0.380 e. The zero-order chi connectivity index (χ0) is 12.6. The number of nitrogens with zero attached hydrogens (tertiary/aromatic N) is 1. The Balaban J connectivity index is 2.26. The van der Waals surface area contributed by atoms with E-state index in [0.29, 0.717) is 0 Å². The van der Waals surface area contributed by atoms with Gasteiger partial charge in [-0.25, -0.2) is 4.98 Å². The Morgan fingerprint density at radius 1 is 1.35 bits per heavy atom. The lowest BCUT2D eigenvalue weighted by atomic mass is 9.95. The summed E-state index contributed by atoms with van der Waals surface area (Å²) in [6.45, 7) is 6.53. The Hall–Kier alpha value is -0.230. The topological polar surface area (TPSA) is 33.1 Å². The van der Waals surface area contributed by atoms with Crippen LogP contribution in [0.5, 0.6) is 0 Å². The van der Waals surface area contributed by atoms with Gasteiger partial charge in [0.15, 0.2) is 0 Å². The van der Waals surface area contributed by atoms with Crippen LogP contribution in [-0.2, 0) is 5.41 Å². The Morgan fingerprint density at radius 3 is 2.53 bits per heavy atom. The van der Waals surface area contributed by atoms with Gasteiger partial charge in [0.2, 0.25) is 0 Å². The van der Waals surface area contributed by atoms with Crippen molar-refractivity contribution in [2.45, 2.75) is 32.3 Å². The van der Waals surface area contributed by atoms with Crippen LogP contribution >= 0.6 is 38.6 Å². The van der Waals surface area contributed by atoms with E-state index in [-0.39, 0.29) is 5.41 Å². The predicted molar refractivity (Wildman–Crippen MR) is 76.9 cm³/mol. The zero-order valence-electron chi connectivity index (χ0n) is 9.90. The van der Waals surface area contributed by atoms with E-state index in [0.717, 1.165) is 14.5 Å². The van der Waals surface area contributed by atoms with E-state index in [9.17, 15) is 5.11 Å². The van der Waals surface area contributed by atoms with E-state index < -0.39 is 6.10 Å². The van der Waals surface area contributed by atoms with Gasteiger partial charge in [0.1, 0.15) is 15.7 Å². The van der Waals surface area contributed by atoms with Crippen LogP contribution in [-0.4, -0.2) is 10.1 Å². The second-order valence-electron chi connectivity index (χ2n) is 4.86. The average molecular weight is 332 g/mol. The number of aliphatic hydroxyl groups excluding tert-OH is 1. The molecule has 2 heterocycles. The van der Waals surface area contributed by atoms with Crippen LogP contribution in [0.1, 0.15) is 41.6 Å². The van der Waals surface area contributed by atoms with Crippen molar-refractivity contribution in [3.63, 3.8) is 0 Å². The van der Waals surface area contributed by atoms with Gasteiger partial charge in [-0.2, -0.15) is 0 Å². The van der Waals surface area contributed by atoms with Gasteiger partial charge in [0, 0.05) is 15.1 Å². The second kappa shape index (κ2) is 4.80. The molecule has 0 aromatic carbocycles. The number of aromatic nitrogens is 1. The highest BCUT2D eigenvalue weighted by atomic mass is 79.9. The van der Waals surface area contributed by atoms with Crippen molar-refractivity contribution in [3.05, 3.63) is 36.9 Å². The molecule has 0 fully saturated rings. The van der Waals surface area contributed by atoms with Crippen molar-refractivity contribution in [3.8, 4) is 0 Å². The highest BCUT2D eigenvalue weighted by Crippen LogP contribution is 2.35. The molecule has 0 radical (unpaired) electrons. The molecule has 5 heteroatoms. The van der Waals surface area contributed by atoms with Crippen molar-refractivity contribution in [2.24, 2.45) is 0 Å². The number of hydrogen-bond donors (Lipinski definition) is 1. The van der Waals surface area contributed by atoms with Gasteiger partial charge >= 0.3 is 0 Å². The minimum absolute atomic E-state index is 0.131. The Bertz CT molecular complexity index is 513. The monoisotopic (exact) mass is 331 g/mol. The van der Waals surface area contributed by atoms with Crippen LogP contribution in [0.2, 0.25) is 0 Å². The maximum atomic E-state index is 10.2. The quantitative estimate of drug-likeness (QED) is 0.887. The van der Waals surface area contributed by atoms with Crippen LogP contribution in [0, 0.1) is 0 Å². The maximum absolute atomic E-state index is 10.2. The Labute approximate surface area is 117 Å². The van der Waals surface area contributed by atoms with Gasteiger partial charge in [-0.3, -0.25) is 0 Å². The molecule has 1 unspecified atom stereocenters. The first-order valence-corrected chi connectivity index (χ1v) is 7.76. The fourth-order valence-corrected chi connectivity index (χ4v) is 3.81. The molecule has 0 aliphatic rings. The summed E-state index contributed by atoms with van der Waals surface area (Å²) in [6.07, 6.45) is -0.604. The molecule has 0 aliphatic carbocycles. The molecule has 1 N–H and O–H groups in total. The highest BCUT2D eigenvalue weighted by molar-refractivity contribution is 9.10. The van der Waals surface area contributed by atoms with E-state index in [1.165, 1.54) is 16.2 Å². The standard InChI is InChI=1S/C12H14BrNOS2/c1-12(2,3)8-5-4-7(17-8)10(15)11-14-9(13)6-16-11/h4-6,10,15H,1-3H3. The van der Waals surface area contributed by atoms with Crippen molar-refractivity contribution in [2.75, 3.05) is 0 Å². The summed E-state index contributed by atoms with van der Waals surface area (Å²) in [6, 6.07) is 4.08. The summed E-state index contributed by atoms with van der Waals surface area (Å²) in [7, 11) is 0. The molecule has 92 valence electrons. The first kappa shape index (κ1) is 13.2.